The summed E-state index contributed by atoms with van der Waals surface area (Å²) in [5, 5.41) is 0. The number of nitrogens with zero attached hydrogens (tertiary/aromatic N) is 1. The second kappa shape index (κ2) is 3.56. The summed E-state index contributed by atoms with van der Waals surface area (Å²) in [7, 11) is 2.21. The molecule has 17 heavy (non-hydrogen) atoms. The van der Waals surface area contributed by atoms with Crippen molar-refractivity contribution in [2.45, 2.75) is 44.2 Å². The van der Waals surface area contributed by atoms with Crippen LogP contribution in [0.1, 0.15) is 30.0 Å². The summed E-state index contributed by atoms with van der Waals surface area (Å²) in [6, 6.07) is 7.69. The summed E-state index contributed by atoms with van der Waals surface area (Å²) in [5.41, 5.74) is 11.1. The van der Waals surface area contributed by atoms with Crippen LogP contribution in [-0.4, -0.2) is 30.6 Å². The summed E-state index contributed by atoms with van der Waals surface area (Å²) >= 11 is 0. The molecule has 1 saturated heterocycles. The molecule has 2 bridgehead atoms. The quantitative estimate of drug-likeness (QED) is 0.737. The minimum absolute atomic E-state index is 0.177. The zero-order valence-electron chi connectivity index (χ0n) is 11.0. The Morgan fingerprint density at radius 3 is 2.94 bits per heavy atom. The Hall–Kier alpha value is -0.860. The van der Waals surface area contributed by atoms with Crippen molar-refractivity contribution in [2.24, 2.45) is 5.73 Å². The molecule has 1 aromatic carbocycles. The Morgan fingerprint density at radius 2 is 2.18 bits per heavy atom. The highest BCUT2D eigenvalue weighted by Gasteiger charge is 2.47. The van der Waals surface area contributed by atoms with Crippen molar-refractivity contribution in [3.8, 4) is 0 Å². The third kappa shape index (κ3) is 1.47. The first-order chi connectivity index (χ1) is 8.02. The average molecular weight is 230 g/mol. The van der Waals surface area contributed by atoms with Crippen LogP contribution in [0.25, 0.3) is 0 Å². The first kappa shape index (κ1) is 11.2. The van der Waals surface area contributed by atoms with Gasteiger partial charge in [-0.25, -0.2) is 0 Å². The first-order valence-corrected chi connectivity index (χ1v) is 6.58. The van der Waals surface area contributed by atoms with Crippen LogP contribution in [0.2, 0.25) is 0 Å². The molecule has 2 N–H and O–H groups in total. The molecule has 2 heteroatoms. The van der Waals surface area contributed by atoms with Crippen LogP contribution >= 0.6 is 0 Å². The van der Waals surface area contributed by atoms with E-state index in [4.69, 9.17) is 5.73 Å². The maximum Gasteiger partial charge on any atom is 0.0296 e. The van der Waals surface area contributed by atoms with E-state index in [0.29, 0.717) is 6.04 Å². The Bertz CT molecular complexity index is 454. The van der Waals surface area contributed by atoms with E-state index in [9.17, 15) is 0 Å². The number of fused-ring (bicyclic) bond motifs is 4. The van der Waals surface area contributed by atoms with Gasteiger partial charge in [-0.1, -0.05) is 30.7 Å². The van der Waals surface area contributed by atoms with Gasteiger partial charge >= 0.3 is 0 Å². The predicted molar refractivity (Wildman–Crippen MR) is 71.2 cm³/mol. The van der Waals surface area contributed by atoms with E-state index in [1.807, 2.05) is 0 Å². The second-order valence-corrected chi connectivity index (χ2v) is 6.11. The number of rotatable bonds is 0. The molecule has 1 aliphatic carbocycles. The molecule has 1 aliphatic heterocycles. The van der Waals surface area contributed by atoms with Gasteiger partial charge in [0.15, 0.2) is 0 Å². The van der Waals surface area contributed by atoms with Crippen LogP contribution in [0, 0.1) is 6.92 Å². The van der Waals surface area contributed by atoms with E-state index < -0.39 is 0 Å². The number of hydrogen-bond acceptors (Lipinski definition) is 2. The van der Waals surface area contributed by atoms with E-state index in [-0.39, 0.29) is 11.5 Å². The highest BCUT2D eigenvalue weighted by molar-refractivity contribution is 5.43. The van der Waals surface area contributed by atoms with Crippen molar-refractivity contribution >= 4 is 0 Å². The smallest absolute Gasteiger partial charge is 0.0296 e. The third-order valence-corrected chi connectivity index (χ3v) is 5.01. The van der Waals surface area contributed by atoms with Gasteiger partial charge in [-0.3, -0.25) is 0 Å². The number of likely N-dealkylation sites (N-methyl/N-ethyl adjacent to an activating group) is 1. The van der Waals surface area contributed by atoms with Crippen LogP contribution in [0.15, 0.2) is 18.2 Å². The summed E-state index contributed by atoms with van der Waals surface area (Å²) in [6.07, 6.45) is 2.29. The molecule has 0 spiro atoms. The van der Waals surface area contributed by atoms with Crippen LogP contribution in [0.3, 0.4) is 0 Å². The van der Waals surface area contributed by atoms with Gasteiger partial charge in [0.2, 0.25) is 0 Å². The van der Waals surface area contributed by atoms with Crippen molar-refractivity contribution < 1.29 is 0 Å². The highest BCUT2D eigenvalue weighted by atomic mass is 15.2. The fourth-order valence-corrected chi connectivity index (χ4v) is 3.66. The molecule has 0 saturated carbocycles. The molecule has 0 aromatic heterocycles. The maximum absolute atomic E-state index is 6.53. The predicted octanol–water partition coefficient (Wildman–Crippen LogP) is 1.84. The van der Waals surface area contributed by atoms with Gasteiger partial charge in [-0.2, -0.15) is 0 Å². The topological polar surface area (TPSA) is 29.3 Å². The van der Waals surface area contributed by atoms with Crippen LogP contribution in [0.5, 0.6) is 0 Å². The van der Waals surface area contributed by atoms with E-state index in [1.54, 1.807) is 0 Å². The Morgan fingerprint density at radius 1 is 1.41 bits per heavy atom. The Kier molecular flexibility index (Phi) is 2.36. The SMILES string of the molecule is Cc1ccc2c(c1)[C@@]1(C)CCN(C)[C@H](C2)[C@@H]1N. The molecule has 3 atom stereocenters. The normalized spacial score (nSPS) is 36.7. The Labute approximate surface area is 104 Å². The molecule has 0 unspecified atom stereocenters. The molecule has 2 nitrogen and oxygen atoms in total. The minimum Gasteiger partial charge on any atom is -0.326 e. The lowest BCUT2D eigenvalue weighted by molar-refractivity contribution is 0.0862. The minimum atomic E-state index is 0.177. The largest absolute Gasteiger partial charge is 0.326 e. The van der Waals surface area contributed by atoms with Gasteiger partial charge in [0, 0.05) is 17.5 Å². The van der Waals surface area contributed by atoms with Gasteiger partial charge in [0.05, 0.1) is 0 Å². The van der Waals surface area contributed by atoms with Crippen LogP contribution < -0.4 is 5.73 Å². The van der Waals surface area contributed by atoms with Gasteiger partial charge in [-0.15, -0.1) is 0 Å². The van der Waals surface area contributed by atoms with E-state index in [1.165, 1.54) is 29.7 Å². The van der Waals surface area contributed by atoms with Gasteiger partial charge in [-0.05, 0) is 44.5 Å². The van der Waals surface area contributed by atoms with Crippen molar-refractivity contribution in [2.75, 3.05) is 13.6 Å². The molecule has 0 radical (unpaired) electrons. The molecule has 2 aliphatic rings. The fraction of sp³-hybridized carbons (Fsp3) is 0.600. The summed E-state index contributed by atoms with van der Waals surface area (Å²) in [5.74, 6) is 0. The molecular formula is C15H22N2. The number of hydrogen-bond donors (Lipinski definition) is 1. The monoisotopic (exact) mass is 230 g/mol. The average Bonchev–Trinajstić information content (AvgIpc) is 2.30. The standard InChI is InChI=1S/C15H22N2/c1-10-4-5-11-9-13-14(16)15(2,12(11)8-10)6-7-17(13)3/h4-5,8,13-14H,6-7,9,16H2,1-3H3/t13-,14+,15-/m1/s1. The highest BCUT2D eigenvalue weighted by Crippen LogP contribution is 2.43. The first-order valence-electron chi connectivity index (χ1n) is 6.58. The lowest BCUT2D eigenvalue weighted by Crippen LogP contribution is -2.64. The number of nitrogens with two attached hydrogens (primary N) is 1. The molecule has 3 rings (SSSR count). The summed E-state index contributed by atoms with van der Waals surface area (Å²) in [6.45, 7) is 5.70. The summed E-state index contributed by atoms with van der Waals surface area (Å²) in [4.78, 5) is 2.44. The number of piperidine rings is 1. The van der Waals surface area contributed by atoms with Crippen molar-refractivity contribution in [1.82, 2.24) is 4.90 Å². The fourth-order valence-electron chi connectivity index (χ4n) is 3.66. The van der Waals surface area contributed by atoms with Gasteiger partial charge < -0.3 is 10.6 Å². The molecule has 0 amide bonds. The molecule has 1 aromatic rings. The summed E-state index contributed by atoms with van der Waals surface area (Å²) < 4.78 is 0. The Balaban J connectivity index is 2.16. The zero-order chi connectivity index (χ0) is 12.2. The van der Waals surface area contributed by atoms with Crippen molar-refractivity contribution in [1.29, 1.82) is 0 Å². The number of benzene rings is 1. The molecule has 1 heterocycles. The van der Waals surface area contributed by atoms with Crippen molar-refractivity contribution in [3.63, 3.8) is 0 Å². The van der Waals surface area contributed by atoms with E-state index in [2.05, 4.69) is 44.0 Å². The maximum atomic E-state index is 6.53. The second-order valence-electron chi connectivity index (χ2n) is 6.11. The molecule has 92 valence electrons. The lowest BCUT2D eigenvalue weighted by atomic mass is 9.62. The number of aryl methyl sites for hydroxylation is 1. The van der Waals surface area contributed by atoms with Gasteiger partial charge in [0.1, 0.15) is 0 Å². The third-order valence-electron chi connectivity index (χ3n) is 5.01. The van der Waals surface area contributed by atoms with Crippen LogP contribution in [0.4, 0.5) is 0 Å². The van der Waals surface area contributed by atoms with Crippen molar-refractivity contribution in [3.05, 3.63) is 34.9 Å². The lowest BCUT2D eigenvalue weighted by Gasteiger charge is -2.53. The van der Waals surface area contributed by atoms with E-state index >= 15 is 0 Å². The van der Waals surface area contributed by atoms with Crippen LogP contribution in [-0.2, 0) is 11.8 Å². The molecule has 1 fully saturated rings. The zero-order valence-corrected chi connectivity index (χ0v) is 11.0. The van der Waals surface area contributed by atoms with Gasteiger partial charge in [0.25, 0.3) is 0 Å². The number of likely N-dealkylation sites (tertiary alicyclic amines) is 1. The van der Waals surface area contributed by atoms with E-state index in [0.717, 1.165) is 6.42 Å². The molecular weight excluding hydrogens is 208 g/mol.